The van der Waals surface area contributed by atoms with E-state index in [1.807, 2.05) is 55.6 Å². The lowest BCUT2D eigenvalue weighted by Gasteiger charge is -2.06. The fraction of sp³-hybridized carbons (Fsp3) is 0.0435. The minimum absolute atomic E-state index is 0.228. The lowest BCUT2D eigenvalue weighted by atomic mass is 10.1. The summed E-state index contributed by atoms with van der Waals surface area (Å²) in [6.45, 7) is 0. The molecule has 3 aromatic carbocycles. The fourth-order valence-electron chi connectivity index (χ4n) is 3.31. The average Bonchev–Trinajstić information content (AvgIpc) is 3.01. The van der Waals surface area contributed by atoms with Gasteiger partial charge in [0.2, 0.25) is 0 Å². The number of benzene rings is 3. The van der Waals surface area contributed by atoms with Crippen LogP contribution in [0.25, 0.3) is 22.2 Å². The van der Waals surface area contributed by atoms with Crippen molar-refractivity contribution >= 4 is 23.0 Å². The SMILES string of the molecule is Cn1c(-c2ccccc2)c(/C=N/NC(=O)c2ccccc2)c2ccccc21. The normalized spacial score (nSPS) is 11.1. The second-order valence-corrected chi connectivity index (χ2v) is 6.27. The van der Waals surface area contributed by atoms with Gasteiger partial charge in [-0.25, -0.2) is 5.43 Å². The zero-order chi connectivity index (χ0) is 18.6. The minimum atomic E-state index is -0.228. The molecule has 4 heteroatoms. The number of carbonyl (C=O) groups excluding carboxylic acids is 1. The van der Waals surface area contributed by atoms with Crippen LogP contribution in [0.1, 0.15) is 15.9 Å². The van der Waals surface area contributed by atoms with Gasteiger partial charge in [0.15, 0.2) is 0 Å². The molecule has 1 aromatic heterocycles. The molecule has 1 amide bonds. The zero-order valence-corrected chi connectivity index (χ0v) is 15.0. The average molecular weight is 353 g/mol. The summed E-state index contributed by atoms with van der Waals surface area (Å²) in [5.74, 6) is -0.228. The Kier molecular flexibility index (Phi) is 4.54. The smallest absolute Gasteiger partial charge is 0.271 e. The summed E-state index contributed by atoms with van der Waals surface area (Å²) in [4.78, 5) is 12.2. The van der Waals surface area contributed by atoms with Gasteiger partial charge >= 0.3 is 0 Å². The number of nitrogens with one attached hydrogen (secondary N) is 1. The highest BCUT2D eigenvalue weighted by Crippen LogP contribution is 2.31. The number of aromatic nitrogens is 1. The van der Waals surface area contributed by atoms with Gasteiger partial charge in [0.25, 0.3) is 5.91 Å². The lowest BCUT2D eigenvalue weighted by Crippen LogP contribution is -2.17. The van der Waals surface area contributed by atoms with Crippen LogP contribution in [0.3, 0.4) is 0 Å². The first-order valence-corrected chi connectivity index (χ1v) is 8.77. The number of hydrogen-bond donors (Lipinski definition) is 1. The Morgan fingerprint density at radius 1 is 0.889 bits per heavy atom. The molecule has 0 atom stereocenters. The number of hydrazone groups is 1. The number of para-hydroxylation sites is 1. The van der Waals surface area contributed by atoms with E-state index in [0.29, 0.717) is 5.56 Å². The number of nitrogens with zero attached hydrogens (tertiary/aromatic N) is 2. The largest absolute Gasteiger partial charge is 0.343 e. The summed E-state index contributed by atoms with van der Waals surface area (Å²) >= 11 is 0. The monoisotopic (exact) mass is 353 g/mol. The number of amides is 1. The van der Waals surface area contributed by atoms with Crippen LogP contribution in [0.15, 0.2) is 90.0 Å². The third-order valence-corrected chi connectivity index (χ3v) is 4.59. The predicted molar refractivity (Wildman–Crippen MR) is 110 cm³/mol. The number of carbonyl (C=O) groups is 1. The topological polar surface area (TPSA) is 46.4 Å². The van der Waals surface area contributed by atoms with Gasteiger partial charge in [-0.05, 0) is 23.8 Å². The summed E-state index contributed by atoms with van der Waals surface area (Å²) < 4.78 is 2.16. The van der Waals surface area contributed by atoms with E-state index in [0.717, 1.165) is 27.7 Å². The van der Waals surface area contributed by atoms with E-state index in [1.165, 1.54) is 0 Å². The van der Waals surface area contributed by atoms with E-state index in [9.17, 15) is 4.79 Å². The van der Waals surface area contributed by atoms with E-state index in [4.69, 9.17) is 0 Å². The van der Waals surface area contributed by atoms with Gasteiger partial charge < -0.3 is 4.57 Å². The van der Waals surface area contributed by atoms with Crippen molar-refractivity contribution < 1.29 is 4.79 Å². The maximum Gasteiger partial charge on any atom is 0.271 e. The highest BCUT2D eigenvalue weighted by molar-refractivity contribution is 6.06. The molecule has 1 heterocycles. The van der Waals surface area contributed by atoms with Crippen LogP contribution in [-0.4, -0.2) is 16.7 Å². The van der Waals surface area contributed by atoms with Gasteiger partial charge in [-0.1, -0.05) is 66.7 Å². The molecule has 0 unspecified atom stereocenters. The molecule has 0 radical (unpaired) electrons. The molecular formula is C23H19N3O. The molecule has 0 spiro atoms. The van der Waals surface area contributed by atoms with Crippen LogP contribution < -0.4 is 5.43 Å². The molecule has 0 aliphatic heterocycles. The Hall–Kier alpha value is -3.66. The highest BCUT2D eigenvalue weighted by Gasteiger charge is 2.15. The van der Waals surface area contributed by atoms with Gasteiger partial charge in [-0.15, -0.1) is 0 Å². The fourth-order valence-corrected chi connectivity index (χ4v) is 3.31. The molecule has 4 rings (SSSR count). The number of aryl methyl sites for hydroxylation is 1. The third kappa shape index (κ3) is 3.25. The Morgan fingerprint density at radius 2 is 1.52 bits per heavy atom. The van der Waals surface area contributed by atoms with E-state index < -0.39 is 0 Å². The van der Waals surface area contributed by atoms with Crippen molar-refractivity contribution in [2.24, 2.45) is 12.1 Å². The van der Waals surface area contributed by atoms with E-state index in [-0.39, 0.29) is 5.91 Å². The van der Waals surface area contributed by atoms with Gasteiger partial charge in [-0.3, -0.25) is 4.79 Å². The quantitative estimate of drug-likeness (QED) is 0.423. The summed E-state index contributed by atoms with van der Waals surface area (Å²) in [5.41, 5.74) is 7.47. The summed E-state index contributed by atoms with van der Waals surface area (Å²) in [6.07, 6.45) is 1.73. The second-order valence-electron chi connectivity index (χ2n) is 6.27. The maximum atomic E-state index is 12.2. The number of rotatable bonds is 4. The molecule has 132 valence electrons. The number of hydrogen-bond acceptors (Lipinski definition) is 2. The van der Waals surface area contributed by atoms with Crippen molar-refractivity contribution in [2.75, 3.05) is 0 Å². The molecule has 4 nitrogen and oxygen atoms in total. The molecule has 0 aliphatic rings. The Bertz CT molecular complexity index is 1110. The van der Waals surface area contributed by atoms with Crippen LogP contribution in [0.4, 0.5) is 0 Å². The van der Waals surface area contributed by atoms with E-state index in [2.05, 4.69) is 39.4 Å². The summed E-state index contributed by atoms with van der Waals surface area (Å²) in [7, 11) is 2.05. The molecule has 0 bridgehead atoms. The molecule has 0 saturated heterocycles. The second kappa shape index (κ2) is 7.30. The predicted octanol–water partition coefficient (Wildman–Crippen LogP) is 4.61. The molecular weight excluding hydrogens is 334 g/mol. The first kappa shape index (κ1) is 16.8. The molecule has 0 saturated carbocycles. The summed E-state index contributed by atoms with van der Waals surface area (Å²) in [6, 6.07) is 27.4. The lowest BCUT2D eigenvalue weighted by molar-refractivity contribution is 0.0955. The molecule has 27 heavy (non-hydrogen) atoms. The van der Waals surface area contributed by atoms with Gasteiger partial charge in [0, 0.05) is 29.1 Å². The van der Waals surface area contributed by atoms with Crippen molar-refractivity contribution in [1.29, 1.82) is 0 Å². The van der Waals surface area contributed by atoms with Crippen molar-refractivity contribution in [3.63, 3.8) is 0 Å². The van der Waals surface area contributed by atoms with Gasteiger partial charge in [0.1, 0.15) is 0 Å². The third-order valence-electron chi connectivity index (χ3n) is 4.59. The Balaban J connectivity index is 1.73. The molecule has 1 N–H and O–H groups in total. The van der Waals surface area contributed by atoms with E-state index in [1.54, 1.807) is 18.3 Å². The standard InChI is InChI=1S/C23H19N3O/c1-26-21-15-9-8-14-19(21)20(22(26)17-10-4-2-5-11-17)16-24-25-23(27)18-12-6-3-7-13-18/h2-16H,1H3,(H,25,27)/b24-16+. The first-order valence-electron chi connectivity index (χ1n) is 8.77. The highest BCUT2D eigenvalue weighted by atomic mass is 16.2. The van der Waals surface area contributed by atoms with Crippen LogP contribution in [0.2, 0.25) is 0 Å². The van der Waals surface area contributed by atoms with Crippen LogP contribution >= 0.6 is 0 Å². The van der Waals surface area contributed by atoms with Crippen LogP contribution in [0.5, 0.6) is 0 Å². The van der Waals surface area contributed by atoms with Crippen molar-refractivity contribution in [2.45, 2.75) is 0 Å². The van der Waals surface area contributed by atoms with Crippen molar-refractivity contribution in [1.82, 2.24) is 9.99 Å². The number of fused-ring (bicyclic) bond motifs is 1. The molecule has 4 aromatic rings. The zero-order valence-electron chi connectivity index (χ0n) is 15.0. The molecule has 0 fully saturated rings. The van der Waals surface area contributed by atoms with Crippen molar-refractivity contribution in [3.8, 4) is 11.3 Å². The Labute approximate surface area is 157 Å². The van der Waals surface area contributed by atoms with Gasteiger partial charge in [-0.2, -0.15) is 5.10 Å². The Morgan fingerprint density at radius 3 is 2.26 bits per heavy atom. The first-order chi connectivity index (χ1) is 13.3. The van der Waals surface area contributed by atoms with Crippen LogP contribution in [-0.2, 0) is 7.05 Å². The van der Waals surface area contributed by atoms with Crippen molar-refractivity contribution in [3.05, 3.63) is 96.1 Å². The minimum Gasteiger partial charge on any atom is -0.343 e. The maximum absolute atomic E-state index is 12.2. The van der Waals surface area contributed by atoms with Gasteiger partial charge in [0.05, 0.1) is 11.9 Å². The van der Waals surface area contributed by atoms with Crippen LogP contribution in [0, 0.1) is 0 Å². The summed E-state index contributed by atoms with van der Waals surface area (Å²) in [5, 5.41) is 5.32. The molecule has 0 aliphatic carbocycles. The van der Waals surface area contributed by atoms with E-state index >= 15 is 0 Å².